The third-order valence-electron chi connectivity index (χ3n) is 2.77. The maximum absolute atomic E-state index is 9.44. The van der Waals surface area contributed by atoms with E-state index < -0.39 is 0 Å². The summed E-state index contributed by atoms with van der Waals surface area (Å²) in [7, 11) is 0. The molecular formula is C10H18O. The predicted octanol–water partition coefficient (Wildman–Crippen LogP) is 3.27. The Labute approximate surface area is 69.1 Å². The third-order valence-corrected chi connectivity index (χ3v) is 2.77. The average Bonchev–Trinajstić information content (AvgIpc) is 2.05. The molecule has 0 saturated carbocycles. The molecule has 1 N–H and O–H groups in total. The fourth-order valence-corrected chi connectivity index (χ4v) is 1.78. The highest BCUT2D eigenvalue weighted by Crippen LogP contribution is 2.31. The summed E-state index contributed by atoms with van der Waals surface area (Å²) in [5.74, 6) is 1.90. The van der Waals surface area contributed by atoms with Crippen LogP contribution in [0, 0.1) is 11.8 Å². The Balaban J connectivity index is 2.53. The summed E-state index contributed by atoms with van der Waals surface area (Å²) >= 11 is 0. The quantitative estimate of drug-likeness (QED) is 0.647. The van der Waals surface area contributed by atoms with Crippen molar-refractivity contribution in [3.63, 3.8) is 0 Å². The molecule has 0 aromatic heterocycles. The van der Waals surface area contributed by atoms with Gasteiger partial charge in [0.05, 0.1) is 5.76 Å². The minimum atomic E-state index is 0.452. The van der Waals surface area contributed by atoms with Gasteiger partial charge in [0.15, 0.2) is 0 Å². The van der Waals surface area contributed by atoms with E-state index >= 15 is 0 Å². The molecule has 0 spiro atoms. The van der Waals surface area contributed by atoms with Gasteiger partial charge in [-0.3, -0.25) is 0 Å². The summed E-state index contributed by atoms with van der Waals surface area (Å²) < 4.78 is 0. The van der Waals surface area contributed by atoms with Crippen molar-refractivity contribution in [1.82, 2.24) is 0 Å². The Bertz CT molecular complexity index is 149. The van der Waals surface area contributed by atoms with Gasteiger partial charge in [-0.15, -0.1) is 0 Å². The van der Waals surface area contributed by atoms with Crippen LogP contribution < -0.4 is 0 Å². The first kappa shape index (κ1) is 8.63. The van der Waals surface area contributed by atoms with Crippen LogP contribution in [0.4, 0.5) is 0 Å². The zero-order chi connectivity index (χ0) is 8.27. The van der Waals surface area contributed by atoms with E-state index in [1.165, 1.54) is 12.8 Å². The van der Waals surface area contributed by atoms with E-state index in [0.29, 0.717) is 11.7 Å². The van der Waals surface area contributed by atoms with Crippen molar-refractivity contribution in [2.24, 2.45) is 11.8 Å². The van der Waals surface area contributed by atoms with Crippen LogP contribution in [-0.4, -0.2) is 5.11 Å². The van der Waals surface area contributed by atoms with E-state index in [-0.39, 0.29) is 0 Å². The molecule has 0 bridgehead atoms. The van der Waals surface area contributed by atoms with Crippen LogP contribution in [0.3, 0.4) is 0 Å². The minimum Gasteiger partial charge on any atom is -0.512 e. The molecule has 0 amide bonds. The average molecular weight is 154 g/mol. The standard InChI is InChI=1S/C10H18O/c1-3-8-5-6-10(11)9(4-2)7-8/h6,8-9,11H,3-5,7H2,1-2H3. The molecule has 2 atom stereocenters. The van der Waals surface area contributed by atoms with E-state index in [1.54, 1.807) is 0 Å². The first-order valence-corrected chi connectivity index (χ1v) is 4.66. The van der Waals surface area contributed by atoms with E-state index in [0.717, 1.165) is 18.8 Å². The van der Waals surface area contributed by atoms with Gasteiger partial charge in [0.2, 0.25) is 0 Å². The molecule has 1 aliphatic carbocycles. The topological polar surface area (TPSA) is 20.2 Å². The maximum atomic E-state index is 9.44. The van der Waals surface area contributed by atoms with Crippen LogP contribution in [-0.2, 0) is 0 Å². The van der Waals surface area contributed by atoms with Gasteiger partial charge in [0.25, 0.3) is 0 Å². The molecule has 0 aromatic rings. The van der Waals surface area contributed by atoms with E-state index in [4.69, 9.17) is 0 Å². The summed E-state index contributed by atoms with van der Waals surface area (Å²) in [5.41, 5.74) is 0. The van der Waals surface area contributed by atoms with Gasteiger partial charge in [0.1, 0.15) is 0 Å². The highest BCUT2D eigenvalue weighted by Gasteiger charge is 2.20. The van der Waals surface area contributed by atoms with Crippen molar-refractivity contribution in [2.45, 2.75) is 39.5 Å². The predicted molar refractivity (Wildman–Crippen MR) is 47.5 cm³/mol. The molecule has 0 fully saturated rings. The molecule has 0 radical (unpaired) electrons. The van der Waals surface area contributed by atoms with E-state index in [1.807, 2.05) is 6.08 Å². The lowest BCUT2D eigenvalue weighted by Crippen LogP contribution is -2.14. The number of rotatable bonds is 2. The molecule has 0 heterocycles. The zero-order valence-electron chi connectivity index (χ0n) is 7.51. The van der Waals surface area contributed by atoms with Crippen molar-refractivity contribution in [1.29, 1.82) is 0 Å². The summed E-state index contributed by atoms with van der Waals surface area (Å²) in [6.07, 6.45) is 6.61. The molecule has 1 nitrogen and oxygen atoms in total. The second kappa shape index (κ2) is 3.80. The summed E-state index contributed by atoms with van der Waals surface area (Å²) in [6.45, 7) is 4.38. The van der Waals surface area contributed by atoms with E-state index in [2.05, 4.69) is 13.8 Å². The molecule has 1 rings (SSSR count). The van der Waals surface area contributed by atoms with Gasteiger partial charge >= 0.3 is 0 Å². The minimum absolute atomic E-state index is 0.452. The molecule has 64 valence electrons. The maximum Gasteiger partial charge on any atom is 0.0913 e. The summed E-state index contributed by atoms with van der Waals surface area (Å²) in [4.78, 5) is 0. The molecule has 0 aliphatic heterocycles. The zero-order valence-corrected chi connectivity index (χ0v) is 7.51. The van der Waals surface area contributed by atoms with Crippen molar-refractivity contribution in [2.75, 3.05) is 0 Å². The second-order valence-corrected chi connectivity index (χ2v) is 3.48. The molecule has 1 heteroatoms. The second-order valence-electron chi connectivity index (χ2n) is 3.48. The van der Waals surface area contributed by atoms with Crippen LogP contribution in [0.1, 0.15) is 39.5 Å². The van der Waals surface area contributed by atoms with Gasteiger partial charge in [-0.1, -0.05) is 20.3 Å². The van der Waals surface area contributed by atoms with Gasteiger partial charge in [-0.05, 0) is 31.3 Å². The Morgan fingerprint density at radius 2 is 2.18 bits per heavy atom. The van der Waals surface area contributed by atoms with Gasteiger partial charge in [-0.2, -0.15) is 0 Å². The van der Waals surface area contributed by atoms with Crippen molar-refractivity contribution >= 4 is 0 Å². The number of allylic oxidation sites excluding steroid dienone is 2. The van der Waals surface area contributed by atoms with Crippen molar-refractivity contribution in [3.8, 4) is 0 Å². The lowest BCUT2D eigenvalue weighted by atomic mass is 9.83. The summed E-state index contributed by atoms with van der Waals surface area (Å²) in [5, 5.41) is 9.44. The number of hydrogen-bond donors (Lipinski definition) is 1. The number of aliphatic hydroxyl groups is 1. The smallest absolute Gasteiger partial charge is 0.0913 e. The summed E-state index contributed by atoms with van der Waals surface area (Å²) in [6, 6.07) is 0. The molecule has 0 aromatic carbocycles. The van der Waals surface area contributed by atoms with Crippen molar-refractivity contribution < 1.29 is 5.11 Å². The SMILES string of the molecule is CCC1CC=C(O)C(CC)C1. The van der Waals surface area contributed by atoms with Gasteiger partial charge in [-0.25, -0.2) is 0 Å². The Morgan fingerprint density at radius 1 is 1.45 bits per heavy atom. The van der Waals surface area contributed by atoms with E-state index in [9.17, 15) is 5.11 Å². The van der Waals surface area contributed by atoms with Crippen LogP contribution >= 0.6 is 0 Å². The van der Waals surface area contributed by atoms with Crippen LogP contribution in [0.5, 0.6) is 0 Å². The molecular weight excluding hydrogens is 136 g/mol. The van der Waals surface area contributed by atoms with Crippen LogP contribution in [0.25, 0.3) is 0 Å². The Morgan fingerprint density at radius 3 is 2.73 bits per heavy atom. The first-order valence-electron chi connectivity index (χ1n) is 4.66. The monoisotopic (exact) mass is 154 g/mol. The molecule has 0 saturated heterocycles. The highest BCUT2D eigenvalue weighted by molar-refractivity contribution is 5.02. The fourth-order valence-electron chi connectivity index (χ4n) is 1.78. The van der Waals surface area contributed by atoms with Crippen LogP contribution in [0.2, 0.25) is 0 Å². The Kier molecular flexibility index (Phi) is 2.98. The lowest BCUT2D eigenvalue weighted by Gasteiger charge is -2.25. The molecule has 2 unspecified atom stereocenters. The van der Waals surface area contributed by atoms with Gasteiger partial charge in [0, 0.05) is 5.92 Å². The number of aliphatic hydroxyl groups excluding tert-OH is 1. The fraction of sp³-hybridized carbons (Fsp3) is 0.800. The normalized spacial score (nSPS) is 31.6. The van der Waals surface area contributed by atoms with Crippen LogP contribution in [0.15, 0.2) is 11.8 Å². The first-order chi connectivity index (χ1) is 5.27. The highest BCUT2D eigenvalue weighted by atomic mass is 16.3. The lowest BCUT2D eigenvalue weighted by molar-refractivity contribution is 0.255. The van der Waals surface area contributed by atoms with Crippen molar-refractivity contribution in [3.05, 3.63) is 11.8 Å². The molecule has 11 heavy (non-hydrogen) atoms. The third kappa shape index (κ3) is 1.98. The Hall–Kier alpha value is -0.460. The number of hydrogen-bond acceptors (Lipinski definition) is 1. The largest absolute Gasteiger partial charge is 0.512 e. The van der Waals surface area contributed by atoms with Gasteiger partial charge < -0.3 is 5.11 Å². The molecule has 1 aliphatic rings.